The summed E-state index contributed by atoms with van der Waals surface area (Å²) in [7, 11) is 3.81. The van der Waals surface area contributed by atoms with Gasteiger partial charge >= 0.3 is 0 Å². The number of carbonyl (C=O) groups is 2. The van der Waals surface area contributed by atoms with Crippen molar-refractivity contribution in [2.24, 2.45) is 5.92 Å². The molecule has 1 aliphatic rings. The highest BCUT2D eigenvalue weighted by Crippen LogP contribution is 2.41. The minimum absolute atomic E-state index is 0.0794. The van der Waals surface area contributed by atoms with Gasteiger partial charge in [-0.05, 0) is 69.2 Å². The summed E-state index contributed by atoms with van der Waals surface area (Å²) in [6.45, 7) is 7.34. The Morgan fingerprint density at radius 1 is 1.19 bits per heavy atom. The number of amides is 1. The number of likely N-dealkylation sites (tertiary alicyclic amines) is 1. The summed E-state index contributed by atoms with van der Waals surface area (Å²) in [6.07, 6.45) is 0.590. The van der Waals surface area contributed by atoms with E-state index in [1.165, 1.54) is 23.1 Å². The van der Waals surface area contributed by atoms with E-state index < -0.39 is 22.7 Å². The van der Waals surface area contributed by atoms with Crippen molar-refractivity contribution in [3.05, 3.63) is 74.8 Å². The first kappa shape index (κ1) is 26.9. The quantitative estimate of drug-likeness (QED) is 0.172. The number of ether oxygens (including phenoxy) is 1. The number of rotatable bonds is 10. The van der Waals surface area contributed by atoms with Gasteiger partial charge in [0.15, 0.2) is 0 Å². The lowest BCUT2D eigenvalue weighted by Crippen LogP contribution is -2.32. The number of carbonyl (C=O) groups excluding carboxylic acids is 2. The van der Waals surface area contributed by atoms with Gasteiger partial charge in [-0.2, -0.15) is 0 Å². The summed E-state index contributed by atoms with van der Waals surface area (Å²) in [6, 6.07) is 10.0. The van der Waals surface area contributed by atoms with Crippen molar-refractivity contribution < 1.29 is 24.4 Å². The van der Waals surface area contributed by atoms with Gasteiger partial charge in [-0.25, -0.2) is 0 Å². The molecule has 0 aliphatic carbocycles. The number of Topliss-reactive ketones (excluding diaryl/α,β-unsaturated/α-hetero) is 1. The SMILES string of the molecule is Cc1cc(OCC(C)C)ccc1C(O)=C1C(=O)C(=O)N(CCCN(C)C)[C@@H]1c1cccc([N+](=O)[O-])c1. The zero-order valence-corrected chi connectivity index (χ0v) is 21.4. The molecule has 0 saturated carbocycles. The molecule has 0 unspecified atom stereocenters. The van der Waals surface area contributed by atoms with Crippen molar-refractivity contribution in [1.29, 1.82) is 0 Å². The number of nitrogens with zero attached hydrogens (tertiary/aromatic N) is 3. The van der Waals surface area contributed by atoms with Gasteiger partial charge in [-0.1, -0.05) is 26.0 Å². The number of aliphatic hydroxyl groups excluding tert-OH is 1. The number of ketones is 1. The molecule has 2 aromatic carbocycles. The van der Waals surface area contributed by atoms with Crippen LogP contribution >= 0.6 is 0 Å². The summed E-state index contributed by atoms with van der Waals surface area (Å²) >= 11 is 0. The van der Waals surface area contributed by atoms with Gasteiger partial charge in [0.1, 0.15) is 11.5 Å². The Balaban J connectivity index is 2.10. The van der Waals surface area contributed by atoms with Crippen molar-refractivity contribution in [2.75, 3.05) is 33.8 Å². The second-order valence-electron chi connectivity index (χ2n) is 9.68. The molecule has 192 valence electrons. The van der Waals surface area contributed by atoms with Crippen LogP contribution in [0, 0.1) is 23.0 Å². The Labute approximate surface area is 211 Å². The summed E-state index contributed by atoms with van der Waals surface area (Å²) in [5.74, 6) is -0.878. The molecule has 1 fully saturated rings. The van der Waals surface area contributed by atoms with Crippen LogP contribution in [-0.4, -0.2) is 65.3 Å². The highest BCUT2D eigenvalue weighted by Gasteiger charge is 2.46. The average Bonchev–Trinajstić information content (AvgIpc) is 3.07. The highest BCUT2D eigenvalue weighted by atomic mass is 16.6. The lowest BCUT2D eigenvalue weighted by atomic mass is 9.93. The summed E-state index contributed by atoms with van der Waals surface area (Å²) in [4.78, 5) is 40.5. The first-order valence-electron chi connectivity index (χ1n) is 11.9. The van der Waals surface area contributed by atoms with Crippen molar-refractivity contribution in [3.63, 3.8) is 0 Å². The number of non-ortho nitro benzene ring substituents is 1. The van der Waals surface area contributed by atoms with Crippen LogP contribution in [0.3, 0.4) is 0 Å². The fraction of sp³-hybridized carbons (Fsp3) is 0.407. The number of aryl methyl sites for hydroxylation is 1. The van der Waals surface area contributed by atoms with E-state index in [1.54, 1.807) is 31.2 Å². The van der Waals surface area contributed by atoms with Crippen LogP contribution in [0.25, 0.3) is 5.76 Å². The lowest BCUT2D eigenvalue weighted by molar-refractivity contribution is -0.384. The van der Waals surface area contributed by atoms with Gasteiger partial charge in [-0.3, -0.25) is 19.7 Å². The van der Waals surface area contributed by atoms with Crippen LogP contribution in [0.2, 0.25) is 0 Å². The molecule has 1 aliphatic heterocycles. The summed E-state index contributed by atoms with van der Waals surface area (Å²) in [5.41, 5.74) is 1.22. The number of aliphatic hydroxyl groups is 1. The van der Waals surface area contributed by atoms with Crippen LogP contribution in [-0.2, 0) is 9.59 Å². The van der Waals surface area contributed by atoms with Crippen LogP contribution in [0.1, 0.15) is 43.0 Å². The molecule has 2 aromatic rings. The molecule has 0 spiro atoms. The second kappa shape index (κ2) is 11.3. The molecule has 1 amide bonds. The number of hydrogen-bond donors (Lipinski definition) is 1. The van der Waals surface area contributed by atoms with Crippen molar-refractivity contribution in [2.45, 2.75) is 33.2 Å². The number of benzene rings is 2. The zero-order valence-electron chi connectivity index (χ0n) is 21.4. The van der Waals surface area contributed by atoms with E-state index in [9.17, 15) is 24.8 Å². The Bertz CT molecular complexity index is 1190. The van der Waals surface area contributed by atoms with Gasteiger partial charge in [-0.15, -0.1) is 0 Å². The van der Waals surface area contributed by atoms with Gasteiger partial charge in [0, 0.05) is 24.2 Å². The molecule has 0 aromatic heterocycles. The fourth-order valence-corrected chi connectivity index (χ4v) is 4.22. The first-order chi connectivity index (χ1) is 17.0. The molecule has 9 heteroatoms. The molecule has 0 radical (unpaired) electrons. The van der Waals surface area contributed by atoms with Gasteiger partial charge in [0.2, 0.25) is 0 Å². The Hall–Kier alpha value is -3.72. The van der Waals surface area contributed by atoms with E-state index >= 15 is 0 Å². The first-order valence-corrected chi connectivity index (χ1v) is 11.9. The Kier molecular flexibility index (Phi) is 8.47. The van der Waals surface area contributed by atoms with Gasteiger partial charge in [0.25, 0.3) is 17.4 Å². The molecule has 0 bridgehead atoms. The Morgan fingerprint density at radius 3 is 2.53 bits per heavy atom. The van der Waals surface area contributed by atoms with Crippen molar-refractivity contribution >= 4 is 23.1 Å². The van der Waals surface area contributed by atoms with Gasteiger partial charge < -0.3 is 19.6 Å². The van der Waals surface area contributed by atoms with Crippen LogP contribution in [0.15, 0.2) is 48.0 Å². The van der Waals surface area contributed by atoms with E-state index in [0.717, 1.165) is 0 Å². The van der Waals surface area contributed by atoms with E-state index in [1.807, 2.05) is 32.8 Å². The molecule has 1 heterocycles. The second-order valence-corrected chi connectivity index (χ2v) is 9.68. The maximum atomic E-state index is 13.2. The normalized spacial score (nSPS) is 17.3. The summed E-state index contributed by atoms with van der Waals surface area (Å²) in [5, 5.41) is 22.8. The third kappa shape index (κ3) is 5.91. The standard InChI is InChI=1S/C27H33N3O6/c1-17(2)16-36-21-10-11-22(18(3)14-21)25(31)23-24(19-8-6-9-20(15-19)30(34)35)29(27(33)26(23)32)13-7-12-28(4)5/h6,8-11,14-15,17,24,31H,7,12-13,16H2,1-5H3/t24-/m1/s1. The third-order valence-electron chi connectivity index (χ3n) is 5.98. The fourth-order valence-electron chi connectivity index (χ4n) is 4.22. The van der Waals surface area contributed by atoms with Gasteiger partial charge in [0.05, 0.1) is 23.1 Å². The van der Waals surface area contributed by atoms with E-state index in [2.05, 4.69) is 0 Å². The largest absolute Gasteiger partial charge is 0.507 e. The van der Waals surface area contributed by atoms with E-state index in [-0.39, 0.29) is 23.6 Å². The van der Waals surface area contributed by atoms with Crippen molar-refractivity contribution in [1.82, 2.24) is 9.80 Å². The Morgan fingerprint density at radius 2 is 1.92 bits per heavy atom. The molecular formula is C27H33N3O6. The van der Waals surface area contributed by atoms with Crippen LogP contribution in [0.4, 0.5) is 5.69 Å². The maximum Gasteiger partial charge on any atom is 0.295 e. The van der Waals surface area contributed by atoms with Crippen LogP contribution in [0.5, 0.6) is 5.75 Å². The molecule has 1 atom stereocenters. The van der Waals surface area contributed by atoms with E-state index in [0.29, 0.717) is 47.9 Å². The molecule has 1 N–H and O–H groups in total. The van der Waals surface area contributed by atoms with E-state index in [4.69, 9.17) is 4.74 Å². The molecule has 9 nitrogen and oxygen atoms in total. The molecule has 36 heavy (non-hydrogen) atoms. The predicted octanol–water partition coefficient (Wildman–Crippen LogP) is 4.31. The molecule has 1 saturated heterocycles. The van der Waals surface area contributed by atoms with Crippen molar-refractivity contribution in [3.8, 4) is 5.75 Å². The maximum absolute atomic E-state index is 13.2. The zero-order chi connectivity index (χ0) is 26.6. The average molecular weight is 496 g/mol. The minimum atomic E-state index is -0.941. The molecular weight excluding hydrogens is 462 g/mol. The molecule has 3 rings (SSSR count). The highest BCUT2D eigenvalue weighted by molar-refractivity contribution is 6.46. The lowest BCUT2D eigenvalue weighted by Gasteiger charge is -2.26. The monoisotopic (exact) mass is 495 g/mol. The minimum Gasteiger partial charge on any atom is -0.507 e. The predicted molar refractivity (Wildman–Crippen MR) is 137 cm³/mol. The smallest absolute Gasteiger partial charge is 0.295 e. The topological polar surface area (TPSA) is 113 Å². The number of nitro benzene ring substituents is 1. The third-order valence-corrected chi connectivity index (χ3v) is 5.98. The number of hydrogen-bond acceptors (Lipinski definition) is 7. The summed E-state index contributed by atoms with van der Waals surface area (Å²) < 4.78 is 5.76. The number of nitro groups is 1. The van der Waals surface area contributed by atoms with Crippen LogP contribution < -0.4 is 4.74 Å².